The van der Waals surface area contributed by atoms with E-state index in [1.165, 1.54) is 4.57 Å². The second-order valence-electron chi connectivity index (χ2n) is 6.08. The van der Waals surface area contributed by atoms with Crippen molar-refractivity contribution >= 4 is 40.2 Å². The molecular formula is C20H17ClN4O2S. The van der Waals surface area contributed by atoms with E-state index in [0.717, 1.165) is 17.3 Å². The highest BCUT2D eigenvalue weighted by Crippen LogP contribution is 2.23. The predicted octanol–water partition coefficient (Wildman–Crippen LogP) is 3.47. The number of aromatic nitrogens is 2. The molecule has 6 nitrogen and oxygen atoms in total. The highest BCUT2D eigenvalue weighted by molar-refractivity contribution is 7.99. The first kappa shape index (κ1) is 19.9. The molecule has 0 spiro atoms. The van der Waals surface area contributed by atoms with E-state index >= 15 is 0 Å². The van der Waals surface area contributed by atoms with Crippen LogP contribution in [0, 0.1) is 18.3 Å². The minimum atomic E-state index is -0.226. The van der Waals surface area contributed by atoms with Crippen LogP contribution in [0.4, 0.5) is 0 Å². The molecular weight excluding hydrogens is 396 g/mol. The molecule has 28 heavy (non-hydrogen) atoms. The van der Waals surface area contributed by atoms with E-state index in [-0.39, 0.29) is 23.6 Å². The van der Waals surface area contributed by atoms with Gasteiger partial charge < -0.3 is 5.32 Å². The fourth-order valence-electron chi connectivity index (χ4n) is 2.60. The minimum Gasteiger partial charge on any atom is -0.354 e. The second kappa shape index (κ2) is 8.91. The molecule has 0 radical (unpaired) electrons. The SMILES string of the molecule is Cc1ccc(-n2c(SCC(=O)NCCC#N)nc3cc(Cl)ccc3c2=O)cc1. The van der Waals surface area contributed by atoms with Crippen LogP contribution in [0.25, 0.3) is 16.6 Å². The maximum atomic E-state index is 13.1. The number of rotatable bonds is 6. The number of halogens is 1. The first-order valence-corrected chi connectivity index (χ1v) is 9.92. The number of benzene rings is 2. The highest BCUT2D eigenvalue weighted by atomic mass is 35.5. The first-order valence-electron chi connectivity index (χ1n) is 8.55. The number of thioether (sulfide) groups is 1. The standard InChI is InChI=1S/C20H17ClN4O2S/c1-13-3-6-15(7-4-13)25-19(27)16-8-5-14(21)11-17(16)24-20(25)28-12-18(26)23-10-2-9-22/h3-8,11H,2,10,12H2,1H3,(H,23,26). The van der Waals surface area contributed by atoms with Crippen LogP contribution >= 0.6 is 23.4 Å². The molecule has 0 atom stereocenters. The van der Waals surface area contributed by atoms with Crippen molar-refractivity contribution in [2.45, 2.75) is 18.5 Å². The number of amides is 1. The molecule has 0 unspecified atom stereocenters. The van der Waals surface area contributed by atoms with Crippen LogP contribution in [0.1, 0.15) is 12.0 Å². The fraction of sp³-hybridized carbons (Fsp3) is 0.200. The van der Waals surface area contributed by atoms with Gasteiger partial charge in [0.25, 0.3) is 5.56 Å². The summed E-state index contributed by atoms with van der Waals surface area (Å²) in [6.45, 7) is 2.26. The zero-order chi connectivity index (χ0) is 20.1. The zero-order valence-electron chi connectivity index (χ0n) is 15.1. The second-order valence-corrected chi connectivity index (χ2v) is 7.46. The summed E-state index contributed by atoms with van der Waals surface area (Å²) in [6, 6.07) is 14.4. The molecule has 0 bridgehead atoms. The van der Waals surface area contributed by atoms with Crippen molar-refractivity contribution < 1.29 is 4.79 Å². The van der Waals surface area contributed by atoms with Crippen LogP contribution in [-0.2, 0) is 4.79 Å². The summed E-state index contributed by atoms with van der Waals surface area (Å²) < 4.78 is 1.50. The molecule has 1 N–H and O–H groups in total. The molecule has 1 aromatic heterocycles. The Morgan fingerprint density at radius 3 is 2.75 bits per heavy atom. The summed E-state index contributed by atoms with van der Waals surface area (Å²) in [7, 11) is 0. The third-order valence-corrected chi connectivity index (χ3v) is 5.16. The summed E-state index contributed by atoms with van der Waals surface area (Å²) in [6.07, 6.45) is 0.247. The minimum absolute atomic E-state index is 0.0792. The van der Waals surface area contributed by atoms with Gasteiger partial charge in [0.05, 0.1) is 34.8 Å². The quantitative estimate of drug-likeness (QED) is 0.380. The van der Waals surface area contributed by atoms with Gasteiger partial charge in [0.15, 0.2) is 5.16 Å². The molecule has 0 saturated carbocycles. The van der Waals surface area contributed by atoms with Crippen LogP contribution in [0.3, 0.4) is 0 Å². The maximum Gasteiger partial charge on any atom is 0.266 e. The Morgan fingerprint density at radius 2 is 2.04 bits per heavy atom. The van der Waals surface area contributed by atoms with Crippen molar-refractivity contribution in [2.75, 3.05) is 12.3 Å². The van der Waals surface area contributed by atoms with Gasteiger partial charge in [-0.2, -0.15) is 5.26 Å². The van der Waals surface area contributed by atoms with E-state index in [9.17, 15) is 9.59 Å². The Hall–Kier alpha value is -2.82. The van der Waals surface area contributed by atoms with Crippen molar-refractivity contribution in [3.63, 3.8) is 0 Å². The zero-order valence-corrected chi connectivity index (χ0v) is 16.7. The smallest absolute Gasteiger partial charge is 0.266 e. The molecule has 0 fully saturated rings. The van der Waals surface area contributed by atoms with Gasteiger partial charge in [-0.15, -0.1) is 0 Å². The average Bonchev–Trinajstić information content (AvgIpc) is 2.67. The van der Waals surface area contributed by atoms with Crippen molar-refractivity contribution in [1.29, 1.82) is 5.26 Å². The van der Waals surface area contributed by atoms with Crippen LogP contribution in [0.2, 0.25) is 5.02 Å². The Kier molecular flexibility index (Phi) is 6.34. The lowest BCUT2D eigenvalue weighted by atomic mass is 10.2. The lowest BCUT2D eigenvalue weighted by Crippen LogP contribution is -2.27. The molecule has 1 amide bonds. The number of carbonyl (C=O) groups excluding carboxylic acids is 1. The average molecular weight is 413 g/mol. The van der Waals surface area contributed by atoms with Gasteiger partial charge in [-0.25, -0.2) is 4.98 Å². The monoisotopic (exact) mass is 412 g/mol. The van der Waals surface area contributed by atoms with E-state index < -0.39 is 0 Å². The van der Waals surface area contributed by atoms with E-state index in [4.69, 9.17) is 16.9 Å². The number of carbonyl (C=O) groups is 1. The molecule has 2 aromatic carbocycles. The molecule has 1 heterocycles. The Balaban J connectivity index is 2.02. The molecule has 3 aromatic rings. The van der Waals surface area contributed by atoms with Crippen LogP contribution in [0.5, 0.6) is 0 Å². The van der Waals surface area contributed by atoms with E-state index in [1.807, 2.05) is 37.3 Å². The molecule has 0 aliphatic rings. The van der Waals surface area contributed by atoms with Gasteiger partial charge >= 0.3 is 0 Å². The van der Waals surface area contributed by atoms with Crippen molar-refractivity contribution in [3.05, 3.63) is 63.4 Å². The highest BCUT2D eigenvalue weighted by Gasteiger charge is 2.15. The van der Waals surface area contributed by atoms with Gasteiger partial charge in [-0.3, -0.25) is 14.2 Å². The summed E-state index contributed by atoms with van der Waals surface area (Å²) in [5, 5.41) is 12.6. The Morgan fingerprint density at radius 1 is 1.29 bits per heavy atom. The lowest BCUT2D eigenvalue weighted by Gasteiger charge is -2.13. The third kappa shape index (κ3) is 4.53. The predicted molar refractivity (Wildman–Crippen MR) is 111 cm³/mol. The molecule has 8 heteroatoms. The molecule has 3 rings (SSSR count). The number of nitrogens with one attached hydrogen (secondary N) is 1. The number of nitriles is 1. The summed E-state index contributed by atoms with van der Waals surface area (Å²) >= 11 is 7.21. The molecule has 0 aliphatic heterocycles. The molecule has 0 saturated heterocycles. The summed E-state index contributed by atoms with van der Waals surface area (Å²) in [5.41, 5.74) is 2.00. The van der Waals surface area contributed by atoms with Crippen LogP contribution in [0.15, 0.2) is 52.4 Å². The van der Waals surface area contributed by atoms with Gasteiger partial charge in [-0.05, 0) is 37.3 Å². The van der Waals surface area contributed by atoms with E-state index in [2.05, 4.69) is 10.3 Å². The molecule has 0 aliphatic carbocycles. The topological polar surface area (TPSA) is 87.8 Å². The first-order chi connectivity index (χ1) is 13.5. The lowest BCUT2D eigenvalue weighted by molar-refractivity contribution is -0.118. The van der Waals surface area contributed by atoms with Crippen LogP contribution < -0.4 is 10.9 Å². The number of fused-ring (bicyclic) bond motifs is 1. The number of nitrogens with zero attached hydrogens (tertiary/aromatic N) is 3. The van der Waals surface area contributed by atoms with E-state index in [1.54, 1.807) is 18.2 Å². The Labute approximate surface area is 171 Å². The van der Waals surface area contributed by atoms with Crippen molar-refractivity contribution in [3.8, 4) is 11.8 Å². The van der Waals surface area contributed by atoms with Gasteiger partial charge in [0.2, 0.25) is 5.91 Å². The van der Waals surface area contributed by atoms with Gasteiger partial charge in [0, 0.05) is 11.6 Å². The van der Waals surface area contributed by atoms with Crippen LogP contribution in [-0.4, -0.2) is 27.8 Å². The largest absolute Gasteiger partial charge is 0.354 e. The van der Waals surface area contributed by atoms with E-state index in [0.29, 0.717) is 33.3 Å². The number of hydrogen-bond acceptors (Lipinski definition) is 5. The summed E-state index contributed by atoms with van der Waals surface area (Å²) in [4.78, 5) is 29.7. The van der Waals surface area contributed by atoms with Crippen molar-refractivity contribution in [1.82, 2.24) is 14.9 Å². The normalized spacial score (nSPS) is 10.6. The Bertz CT molecular complexity index is 1120. The number of hydrogen-bond donors (Lipinski definition) is 1. The fourth-order valence-corrected chi connectivity index (χ4v) is 3.60. The molecule has 142 valence electrons. The van der Waals surface area contributed by atoms with Gasteiger partial charge in [0.1, 0.15) is 0 Å². The van der Waals surface area contributed by atoms with Gasteiger partial charge in [-0.1, -0.05) is 41.1 Å². The maximum absolute atomic E-state index is 13.1. The summed E-state index contributed by atoms with van der Waals surface area (Å²) in [5.74, 6) is -0.147. The number of aryl methyl sites for hydroxylation is 1. The third-order valence-electron chi connectivity index (χ3n) is 3.98. The van der Waals surface area contributed by atoms with Crippen molar-refractivity contribution in [2.24, 2.45) is 0 Å².